The first kappa shape index (κ1) is 15.7. The van der Waals surface area contributed by atoms with E-state index >= 15 is 0 Å². The molecule has 0 saturated carbocycles. The summed E-state index contributed by atoms with van der Waals surface area (Å²) in [6, 6.07) is 0. The number of hydrogen-bond acceptors (Lipinski definition) is 4. The Morgan fingerprint density at radius 2 is 1.94 bits per heavy atom. The molecule has 5 heteroatoms. The summed E-state index contributed by atoms with van der Waals surface area (Å²) in [5, 5.41) is 0.118. The summed E-state index contributed by atoms with van der Waals surface area (Å²) < 4.78 is 16.5. The van der Waals surface area contributed by atoms with Crippen LogP contribution in [0.5, 0.6) is 0 Å². The predicted octanol–water partition coefficient (Wildman–Crippen LogP) is 2.73. The van der Waals surface area contributed by atoms with Gasteiger partial charge in [-0.1, -0.05) is 27.7 Å². The van der Waals surface area contributed by atoms with E-state index in [0.717, 1.165) is 6.42 Å². The normalized spacial score (nSPS) is 25.7. The number of rotatable bonds is 5. The second-order valence-electron chi connectivity index (χ2n) is 6.44. The van der Waals surface area contributed by atoms with Crippen molar-refractivity contribution in [2.45, 2.75) is 64.0 Å². The molecule has 1 heterocycles. The number of esters is 1. The molecule has 1 aliphatic rings. The molecule has 106 valence electrons. The van der Waals surface area contributed by atoms with Crippen LogP contribution in [0.2, 0.25) is 18.1 Å². The maximum atomic E-state index is 11.8. The van der Waals surface area contributed by atoms with Gasteiger partial charge in [-0.2, -0.15) is 0 Å². The van der Waals surface area contributed by atoms with Gasteiger partial charge in [-0.3, -0.25) is 0 Å². The lowest BCUT2D eigenvalue weighted by Crippen LogP contribution is -2.50. The van der Waals surface area contributed by atoms with Crippen LogP contribution in [0.25, 0.3) is 0 Å². The van der Waals surface area contributed by atoms with Crippen LogP contribution in [-0.4, -0.2) is 39.7 Å². The van der Waals surface area contributed by atoms with Crippen molar-refractivity contribution < 1.29 is 18.7 Å². The first-order chi connectivity index (χ1) is 8.10. The Morgan fingerprint density at radius 3 is 2.22 bits per heavy atom. The molecule has 1 rings (SSSR count). The van der Waals surface area contributed by atoms with E-state index in [-0.39, 0.29) is 17.1 Å². The van der Waals surface area contributed by atoms with Gasteiger partial charge < -0.3 is 13.9 Å². The minimum absolute atomic E-state index is 0.118. The van der Waals surface area contributed by atoms with E-state index in [9.17, 15) is 4.79 Å². The van der Waals surface area contributed by atoms with Crippen molar-refractivity contribution in [3.63, 3.8) is 0 Å². The van der Waals surface area contributed by atoms with E-state index in [4.69, 9.17) is 13.9 Å². The number of epoxide rings is 1. The van der Waals surface area contributed by atoms with Crippen LogP contribution in [0.1, 0.15) is 34.1 Å². The summed E-state index contributed by atoms with van der Waals surface area (Å²) in [5.41, 5.74) is -0.848. The summed E-state index contributed by atoms with van der Waals surface area (Å²) in [6.07, 6.45) is 0.549. The summed E-state index contributed by atoms with van der Waals surface area (Å²) >= 11 is 0. The second-order valence-corrected chi connectivity index (χ2v) is 11.2. The molecule has 1 fully saturated rings. The molecule has 0 aromatic rings. The minimum atomic E-state index is -1.91. The molecule has 0 N–H and O–H groups in total. The summed E-state index contributed by atoms with van der Waals surface area (Å²) in [4.78, 5) is 11.8. The van der Waals surface area contributed by atoms with Crippen molar-refractivity contribution in [3.8, 4) is 0 Å². The number of carbonyl (C=O) groups excluding carboxylic acids is 1. The molecule has 0 aromatic heterocycles. The molecular weight excluding hydrogens is 248 g/mol. The van der Waals surface area contributed by atoms with Crippen LogP contribution in [0, 0.1) is 0 Å². The largest absolute Gasteiger partial charge is 0.467 e. The van der Waals surface area contributed by atoms with Gasteiger partial charge in [0.15, 0.2) is 8.32 Å². The van der Waals surface area contributed by atoms with Gasteiger partial charge in [0.1, 0.15) is 0 Å². The van der Waals surface area contributed by atoms with E-state index in [1.54, 1.807) is 0 Å². The Morgan fingerprint density at radius 1 is 1.44 bits per heavy atom. The maximum absolute atomic E-state index is 11.8. The van der Waals surface area contributed by atoms with Crippen LogP contribution >= 0.6 is 0 Å². The van der Waals surface area contributed by atoms with Gasteiger partial charge >= 0.3 is 5.97 Å². The van der Waals surface area contributed by atoms with E-state index < -0.39 is 13.9 Å². The average Bonchev–Trinajstić information content (AvgIpc) is 3.04. The fourth-order valence-corrected chi connectivity index (χ4v) is 3.15. The third kappa shape index (κ3) is 2.78. The van der Waals surface area contributed by atoms with E-state index in [2.05, 4.69) is 33.9 Å². The predicted molar refractivity (Wildman–Crippen MR) is 73.1 cm³/mol. The molecule has 0 radical (unpaired) electrons. The third-order valence-corrected chi connectivity index (χ3v) is 8.61. The fraction of sp³-hybridized carbons (Fsp3) is 0.923. The third-order valence-electron chi connectivity index (χ3n) is 4.12. The van der Waals surface area contributed by atoms with Gasteiger partial charge in [-0.05, 0) is 24.6 Å². The minimum Gasteiger partial charge on any atom is -0.467 e. The first-order valence-electron chi connectivity index (χ1n) is 6.51. The van der Waals surface area contributed by atoms with Crippen LogP contribution in [0.4, 0.5) is 0 Å². The van der Waals surface area contributed by atoms with E-state index in [1.165, 1.54) is 7.11 Å². The highest BCUT2D eigenvalue weighted by atomic mass is 28.4. The van der Waals surface area contributed by atoms with Gasteiger partial charge in [0, 0.05) is 0 Å². The molecule has 0 aromatic carbocycles. The molecule has 1 saturated heterocycles. The summed E-state index contributed by atoms with van der Waals surface area (Å²) in [5.74, 6) is -0.312. The zero-order chi connectivity index (χ0) is 14.2. The number of carbonyl (C=O) groups is 1. The standard InChI is InChI=1S/C13H26O4Si/c1-8-10(13(9-16-13)11(14)15-5)17-18(6,7)12(2,3)4/h10H,8-9H2,1-7H3/t10-,13-/m1/s1. The van der Waals surface area contributed by atoms with Crippen molar-refractivity contribution in [1.82, 2.24) is 0 Å². The average molecular weight is 274 g/mol. The quantitative estimate of drug-likeness (QED) is 0.439. The lowest BCUT2D eigenvalue weighted by atomic mass is 10.0. The van der Waals surface area contributed by atoms with Gasteiger partial charge in [0.2, 0.25) is 5.60 Å². The van der Waals surface area contributed by atoms with Gasteiger partial charge in [0.05, 0.1) is 19.8 Å². The molecule has 0 spiro atoms. The molecule has 0 unspecified atom stereocenters. The topological polar surface area (TPSA) is 48.1 Å². The first-order valence-corrected chi connectivity index (χ1v) is 9.41. The maximum Gasteiger partial charge on any atom is 0.343 e. The SMILES string of the molecule is CC[C@@H](O[Si](C)(C)C(C)(C)C)[C@@]1(C(=O)OC)CO1. The molecule has 1 aliphatic heterocycles. The van der Waals surface area contributed by atoms with Gasteiger partial charge in [-0.25, -0.2) is 4.79 Å². The Labute approximate surface area is 111 Å². The van der Waals surface area contributed by atoms with Crippen LogP contribution in [-0.2, 0) is 18.7 Å². The molecule has 4 nitrogen and oxygen atoms in total. The number of hydrogen-bond donors (Lipinski definition) is 0. The van der Waals surface area contributed by atoms with Crippen molar-refractivity contribution in [3.05, 3.63) is 0 Å². The molecule has 0 amide bonds. The van der Waals surface area contributed by atoms with Gasteiger partial charge in [0.25, 0.3) is 0 Å². The van der Waals surface area contributed by atoms with Crippen molar-refractivity contribution >= 4 is 14.3 Å². The highest BCUT2D eigenvalue weighted by Crippen LogP contribution is 2.43. The second kappa shape index (κ2) is 4.94. The van der Waals surface area contributed by atoms with Crippen molar-refractivity contribution in [2.24, 2.45) is 0 Å². The molecule has 2 atom stereocenters. The molecule has 0 aliphatic carbocycles. The molecule has 0 bridgehead atoms. The van der Waals surface area contributed by atoms with Crippen molar-refractivity contribution in [1.29, 1.82) is 0 Å². The monoisotopic (exact) mass is 274 g/mol. The number of ether oxygens (including phenoxy) is 2. The highest BCUT2D eigenvalue weighted by molar-refractivity contribution is 6.74. The zero-order valence-electron chi connectivity index (χ0n) is 12.6. The Kier molecular flexibility index (Phi) is 4.30. The Hall–Kier alpha value is -0.393. The fourth-order valence-electron chi connectivity index (χ4n) is 1.73. The van der Waals surface area contributed by atoms with E-state index in [0.29, 0.717) is 6.61 Å². The smallest absolute Gasteiger partial charge is 0.343 e. The molecule has 18 heavy (non-hydrogen) atoms. The van der Waals surface area contributed by atoms with Crippen LogP contribution in [0.3, 0.4) is 0 Å². The van der Waals surface area contributed by atoms with Crippen LogP contribution < -0.4 is 0 Å². The van der Waals surface area contributed by atoms with Crippen LogP contribution in [0.15, 0.2) is 0 Å². The Bertz CT molecular complexity index is 315. The molecular formula is C13H26O4Si. The van der Waals surface area contributed by atoms with Crippen molar-refractivity contribution in [2.75, 3.05) is 13.7 Å². The number of methoxy groups -OCH3 is 1. The summed E-state index contributed by atoms with van der Waals surface area (Å²) in [6.45, 7) is 13.3. The zero-order valence-corrected chi connectivity index (χ0v) is 13.6. The lowest BCUT2D eigenvalue weighted by molar-refractivity contribution is -0.151. The van der Waals surface area contributed by atoms with Gasteiger partial charge in [-0.15, -0.1) is 0 Å². The highest BCUT2D eigenvalue weighted by Gasteiger charge is 2.61. The lowest BCUT2D eigenvalue weighted by Gasteiger charge is -2.40. The Balaban J connectivity index is 2.84. The van der Waals surface area contributed by atoms with E-state index in [1.807, 2.05) is 6.92 Å². The summed E-state index contributed by atoms with van der Waals surface area (Å²) in [7, 11) is -0.511.